The zero-order valence-electron chi connectivity index (χ0n) is 10.2. The van der Waals surface area contributed by atoms with Gasteiger partial charge in [-0.25, -0.2) is 9.48 Å². The lowest BCUT2D eigenvalue weighted by molar-refractivity contribution is -0.386. The van der Waals surface area contributed by atoms with Crippen LogP contribution in [0.3, 0.4) is 0 Å². The lowest BCUT2D eigenvalue weighted by Gasteiger charge is -2.06. The summed E-state index contributed by atoms with van der Waals surface area (Å²) < 4.78 is 1.25. The van der Waals surface area contributed by atoms with Crippen molar-refractivity contribution in [3.8, 4) is 5.69 Å². The summed E-state index contributed by atoms with van der Waals surface area (Å²) in [7, 11) is 0. The largest absolute Gasteiger partial charge is 0.478 e. The fourth-order valence-electron chi connectivity index (χ4n) is 1.87. The molecule has 8 nitrogen and oxygen atoms in total. The van der Waals surface area contributed by atoms with Gasteiger partial charge in [-0.15, -0.1) is 0 Å². The van der Waals surface area contributed by atoms with Crippen molar-refractivity contribution in [1.82, 2.24) is 14.8 Å². The summed E-state index contributed by atoms with van der Waals surface area (Å²) in [6, 6.07) is 1.45. The molecule has 2 aromatic rings. The molecule has 98 valence electrons. The van der Waals surface area contributed by atoms with Crippen LogP contribution in [0, 0.1) is 24.0 Å². The molecule has 0 saturated heterocycles. The lowest BCUT2D eigenvalue weighted by Crippen LogP contribution is -2.08. The minimum atomic E-state index is -1.17. The van der Waals surface area contributed by atoms with Crippen LogP contribution in [0.5, 0.6) is 0 Å². The molecule has 0 atom stereocenters. The van der Waals surface area contributed by atoms with E-state index in [-0.39, 0.29) is 28.3 Å². The second-order valence-corrected chi connectivity index (χ2v) is 3.89. The molecule has 0 aliphatic rings. The van der Waals surface area contributed by atoms with Crippen LogP contribution in [0.4, 0.5) is 5.69 Å². The van der Waals surface area contributed by atoms with Gasteiger partial charge in [0, 0.05) is 12.4 Å². The van der Waals surface area contributed by atoms with E-state index in [4.69, 9.17) is 5.11 Å². The number of carboxylic acids is 1. The van der Waals surface area contributed by atoms with Crippen molar-refractivity contribution in [2.24, 2.45) is 0 Å². The Morgan fingerprint density at radius 2 is 2.16 bits per heavy atom. The molecule has 0 unspecified atom stereocenters. The van der Waals surface area contributed by atoms with Crippen molar-refractivity contribution in [1.29, 1.82) is 0 Å². The maximum atomic E-state index is 11.1. The van der Waals surface area contributed by atoms with Gasteiger partial charge in [-0.1, -0.05) is 0 Å². The quantitative estimate of drug-likeness (QED) is 0.662. The van der Waals surface area contributed by atoms with E-state index in [0.717, 1.165) is 0 Å². The van der Waals surface area contributed by atoms with E-state index in [2.05, 4.69) is 10.1 Å². The van der Waals surface area contributed by atoms with Crippen molar-refractivity contribution in [2.75, 3.05) is 0 Å². The summed E-state index contributed by atoms with van der Waals surface area (Å²) in [5.74, 6) is -1.17. The first-order valence-electron chi connectivity index (χ1n) is 5.31. The molecule has 0 fully saturated rings. The van der Waals surface area contributed by atoms with E-state index in [1.165, 1.54) is 37.0 Å². The molecular weight excluding hydrogens is 252 g/mol. The highest BCUT2D eigenvalue weighted by Gasteiger charge is 2.24. The number of aromatic carboxylic acids is 1. The zero-order chi connectivity index (χ0) is 14.2. The molecular formula is C11H10N4O4. The maximum absolute atomic E-state index is 11.1. The third-order valence-electron chi connectivity index (χ3n) is 2.69. The number of carbonyl (C=O) groups is 1. The van der Waals surface area contributed by atoms with Crippen LogP contribution < -0.4 is 0 Å². The molecule has 2 rings (SSSR count). The Balaban J connectivity index is 2.70. The Labute approximate surface area is 107 Å². The van der Waals surface area contributed by atoms with Crippen LogP contribution >= 0.6 is 0 Å². The second kappa shape index (κ2) is 4.48. The summed E-state index contributed by atoms with van der Waals surface area (Å²) in [6.07, 6.45) is 2.59. The highest BCUT2D eigenvalue weighted by atomic mass is 16.6. The summed E-state index contributed by atoms with van der Waals surface area (Å²) >= 11 is 0. The van der Waals surface area contributed by atoms with Crippen LogP contribution in [0.2, 0.25) is 0 Å². The van der Waals surface area contributed by atoms with E-state index in [0.29, 0.717) is 0 Å². The Morgan fingerprint density at radius 1 is 1.47 bits per heavy atom. The molecule has 0 saturated carbocycles. The van der Waals surface area contributed by atoms with Crippen molar-refractivity contribution < 1.29 is 14.8 Å². The zero-order valence-corrected chi connectivity index (χ0v) is 10.2. The minimum Gasteiger partial charge on any atom is -0.478 e. The maximum Gasteiger partial charge on any atom is 0.339 e. The van der Waals surface area contributed by atoms with Crippen molar-refractivity contribution in [3.63, 3.8) is 0 Å². The normalized spacial score (nSPS) is 10.4. The topological polar surface area (TPSA) is 111 Å². The van der Waals surface area contributed by atoms with Gasteiger partial charge in [0.2, 0.25) is 0 Å². The second-order valence-electron chi connectivity index (χ2n) is 3.89. The number of hydrogen-bond donors (Lipinski definition) is 1. The van der Waals surface area contributed by atoms with E-state index < -0.39 is 10.9 Å². The van der Waals surface area contributed by atoms with E-state index in [1.807, 2.05) is 0 Å². The number of carboxylic acid groups (broad SMARTS) is 1. The van der Waals surface area contributed by atoms with Gasteiger partial charge in [-0.3, -0.25) is 15.1 Å². The van der Waals surface area contributed by atoms with Gasteiger partial charge in [-0.05, 0) is 19.9 Å². The number of nitrogens with zero attached hydrogens (tertiary/aromatic N) is 4. The number of nitro groups is 1. The highest BCUT2D eigenvalue weighted by Crippen LogP contribution is 2.25. The first-order chi connectivity index (χ1) is 8.93. The Bertz CT molecular complexity index is 677. The van der Waals surface area contributed by atoms with Gasteiger partial charge in [0.25, 0.3) is 0 Å². The molecule has 0 bridgehead atoms. The molecule has 2 aromatic heterocycles. The number of hydrogen-bond acceptors (Lipinski definition) is 5. The van der Waals surface area contributed by atoms with Crippen LogP contribution in [-0.2, 0) is 0 Å². The number of pyridine rings is 1. The standard InChI is InChI=1S/C11H10N4O4/c1-6-10(15(18)19)7(2)14(13-6)9-3-4-12-5-8(9)11(16)17/h3-5H,1-2H3,(H,16,17). The van der Waals surface area contributed by atoms with Crippen LogP contribution in [0.15, 0.2) is 18.5 Å². The van der Waals surface area contributed by atoms with Gasteiger partial charge in [-0.2, -0.15) is 5.10 Å². The Kier molecular flexibility index (Phi) is 2.99. The summed E-state index contributed by atoms with van der Waals surface area (Å²) in [5, 5.41) is 24.0. The molecule has 2 heterocycles. The van der Waals surface area contributed by atoms with Crippen molar-refractivity contribution >= 4 is 11.7 Å². The van der Waals surface area contributed by atoms with E-state index in [9.17, 15) is 14.9 Å². The number of aryl methyl sites for hydroxylation is 1. The average Bonchev–Trinajstić information content (AvgIpc) is 2.64. The molecule has 0 radical (unpaired) electrons. The minimum absolute atomic E-state index is 0.0667. The third kappa shape index (κ3) is 2.03. The molecule has 0 aliphatic carbocycles. The van der Waals surface area contributed by atoms with Gasteiger partial charge in [0.05, 0.1) is 10.6 Å². The molecule has 8 heteroatoms. The van der Waals surface area contributed by atoms with Crippen LogP contribution in [-0.4, -0.2) is 30.8 Å². The Hall–Kier alpha value is -2.77. The van der Waals surface area contributed by atoms with Gasteiger partial charge in [0.1, 0.15) is 17.0 Å². The van der Waals surface area contributed by atoms with E-state index >= 15 is 0 Å². The predicted octanol–water partition coefficient (Wildman–Crippen LogP) is 1.49. The highest BCUT2D eigenvalue weighted by molar-refractivity contribution is 5.91. The molecule has 0 amide bonds. The smallest absolute Gasteiger partial charge is 0.339 e. The first-order valence-corrected chi connectivity index (χ1v) is 5.31. The van der Waals surface area contributed by atoms with Gasteiger partial charge < -0.3 is 5.11 Å². The summed E-state index contributed by atoms with van der Waals surface area (Å²) in [6.45, 7) is 3.02. The molecule has 0 aromatic carbocycles. The fraction of sp³-hybridized carbons (Fsp3) is 0.182. The van der Waals surface area contributed by atoms with Crippen molar-refractivity contribution in [2.45, 2.75) is 13.8 Å². The molecule has 1 N–H and O–H groups in total. The van der Waals surface area contributed by atoms with Crippen molar-refractivity contribution in [3.05, 3.63) is 45.5 Å². The average molecular weight is 262 g/mol. The molecule has 0 spiro atoms. The Morgan fingerprint density at radius 3 is 2.68 bits per heavy atom. The molecule has 19 heavy (non-hydrogen) atoms. The molecule has 0 aliphatic heterocycles. The lowest BCUT2D eigenvalue weighted by atomic mass is 10.2. The van der Waals surface area contributed by atoms with Crippen LogP contribution in [0.25, 0.3) is 5.69 Å². The third-order valence-corrected chi connectivity index (χ3v) is 2.69. The van der Waals surface area contributed by atoms with Crippen LogP contribution in [0.1, 0.15) is 21.7 Å². The van der Waals surface area contributed by atoms with Gasteiger partial charge >= 0.3 is 11.7 Å². The monoisotopic (exact) mass is 262 g/mol. The SMILES string of the molecule is Cc1nn(-c2ccncc2C(=O)O)c(C)c1[N+](=O)[O-]. The predicted molar refractivity (Wildman–Crippen MR) is 64.4 cm³/mol. The first kappa shape index (κ1) is 12.7. The summed E-state index contributed by atoms with van der Waals surface area (Å²) in [5.41, 5.74) is 0.569. The number of aromatic nitrogens is 3. The summed E-state index contributed by atoms with van der Waals surface area (Å²) in [4.78, 5) is 25.2. The van der Waals surface area contributed by atoms with Gasteiger partial charge in [0.15, 0.2) is 0 Å². The van der Waals surface area contributed by atoms with E-state index in [1.54, 1.807) is 0 Å². The number of rotatable bonds is 3. The fourth-order valence-corrected chi connectivity index (χ4v) is 1.87.